The van der Waals surface area contributed by atoms with Crippen molar-refractivity contribution in [3.05, 3.63) is 125 Å². The molecule has 5 rings (SSSR count). The Bertz CT molecular complexity index is 1410. The molecule has 1 heterocycles. The van der Waals surface area contributed by atoms with Crippen LogP contribution in [0.5, 0.6) is 5.75 Å². The quantitative estimate of drug-likeness (QED) is 0.447. The van der Waals surface area contributed by atoms with Crippen molar-refractivity contribution in [2.75, 3.05) is 0 Å². The number of nitrogens with one attached hydrogen (secondary N) is 1. The fraction of sp³-hybridized carbons (Fsp3) is 0.103. The lowest BCUT2D eigenvalue weighted by molar-refractivity contribution is -0.120. The molecule has 4 heteroatoms. The zero-order chi connectivity index (χ0) is 22.8. The summed E-state index contributed by atoms with van der Waals surface area (Å²) in [5.74, 6) is 0.312. The van der Waals surface area contributed by atoms with Crippen molar-refractivity contribution in [1.29, 1.82) is 5.26 Å². The van der Waals surface area contributed by atoms with Gasteiger partial charge in [-0.1, -0.05) is 96.6 Å². The third-order valence-corrected chi connectivity index (χ3v) is 5.95. The predicted octanol–water partition coefficient (Wildman–Crippen LogP) is 5.77. The summed E-state index contributed by atoms with van der Waals surface area (Å²) in [5.41, 5.74) is 4.32. The maximum Gasteiger partial charge on any atom is 0.231 e. The van der Waals surface area contributed by atoms with Crippen molar-refractivity contribution in [3.8, 4) is 11.8 Å². The van der Waals surface area contributed by atoms with E-state index in [1.807, 2.05) is 97.9 Å². The van der Waals surface area contributed by atoms with Crippen LogP contribution < -0.4 is 10.1 Å². The van der Waals surface area contributed by atoms with Crippen LogP contribution >= 0.6 is 0 Å². The van der Waals surface area contributed by atoms with Crippen molar-refractivity contribution >= 4 is 16.7 Å². The van der Waals surface area contributed by atoms with E-state index in [-0.39, 0.29) is 24.1 Å². The van der Waals surface area contributed by atoms with Gasteiger partial charge in [0.25, 0.3) is 0 Å². The van der Waals surface area contributed by atoms with E-state index in [0.717, 1.165) is 33.0 Å². The van der Waals surface area contributed by atoms with Gasteiger partial charge in [0.05, 0.1) is 12.3 Å². The normalized spacial score (nSPS) is 14.8. The van der Waals surface area contributed by atoms with Gasteiger partial charge in [0.1, 0.15) is 17.4 Å². The molecule has 1 unspecified atom stereocenters. The summed E-state index contributed by atoms with van der Waals surface area (Å²) in [4.78, 5) is 12.9. The highest BCUT2D eigenvalue weighted by molar-refractivity contribution is 5.91. The van der Waals surface area contributed by atoms with Crippen LogP contribution in [0.1, 0.15) is 28.2 Å². The zero-order valence-electron chi connectivity index (χ0n) is 18.2. The largest absolute Gasteiger partial charge is 0.439 e. The molecule has 4 aromatic carbocycles. The summed E-state index contributed by atoms with van der Waals surface area (Å²) in [7, 11) is 0. The average molecular weight is 431 g/mol. The Morgan fingerprint density at radius 3 is 2.42 bits per heavy atom. The minimum atomic E-state index is -0.337. The predicted molar refractivity (Wildman–Crippen MR) is 129 cm³/mol. The van der Waals surface area contributed by atoms with Crippen molar-refractivity contribution in [2.24, 2.45) is 0 Å². The molecule has 4 nitrogen and oxygen atoms in total. The molecule has 0 spiro atoms. The van der Waals surface area contributed by atoms with Crippen molar-refractivity contribution in [2.45, 2.75) is 19.3 Å². The molecule has 4 aromatic rings. The van der Waals surface area contributed by atoms with Gasteiger partial charge >= 0.3 is 0 Å². The number of benzene rings is 4. The second-order valence-electron chi connectivity index (χ2n) is 8.22. The van der Waals surface area contributed by atoms with Gasteiger partial charge in [-0.2, -0.15) is 5.26 Å². The van der Waals surface area contributed by atoms with Gasteiger partial charge in [0, 0.05) is 10.9 Å². The number of ether oxygens (including phenoxy) is 1. The minimum Gasteiger partial charge on any atom is -0.439 e. The fourth-order valence-corrected chi connectivity index (χ4v) is 4.31. The van der Waals surface area contributed by atoms with Gasteiger partial charge in [-0.15, -0.1) is 0 Å². The molecule has 1 amide bonds. The van der Waals surface area contributed by atoms with E-state index in [9.17, 15) is 10.1 Å². The first-order chi connectivity index (χ1) is 16.1. The van der Waals surface area contributed by atoms with E-state index in [1.54, 1.807) is 0 Å². The number of aryl methyl sites for hydroxylation is 1. The van der Waals surface area contributed by atoms with Crippen molar-refractivity contribution in [1.82, 2.24) is 5.32 Å². The molecule has 0 saturated heterocycles. The Labute approximate surface area is 192 Å². The Morgan fingerprint density at radius 2 is 1.67 bits per heavy atom. The van der Waals surface area contributed by atoms with Gasteiger partial charge < -0.3 is 4.74 Å². The number of nitriles is 1. The van der Waals surface area contributed by atoms with Crippen LogP contribution in [0.4, 0.5) is 0 Å². The van der Waals surface area contributed by atoms with E-state index in [0.29, 0.717) is 11.3 Å². The van der Waals surface area contributed by atoms with Crippen LogP contribution in [0.15, 0.2) is 102 Å². The Kier molecular flexibility index (Phi) is 5.38. The van der Waals surface area contributed by atoms with E-state index < -0.39 is 0 Å². The van der Waals surface area contributed by atoms with Crippen LogP contribution in [-0.4, -0.2) is 5.91 Å². The highest BCUT2D eigenvalue weighted by Gasteiger charge is 2.33. The molecular formula is C29H22N2O2. The number of carbonyl (C=O) groups excluding carboxylic acids is 1. The number of rotatable bonds is 4. The van der Waals surface area contributed by atoms with Crippen LogP contribution in [0.25, 0.3) is 10.8 Å². The Balaban J connectivity index is 1.61. The van der Waals surface area contributed by atoms with Gasteiger partial charge in [0.15, 0.2) is 0 Å². The lowest BCUT2D eigenvalue weighted by Crippen LogP contribution is -2.32. The molecule has 0 aliphatic carbocycles. The molecular weight excluding hydrogens is 408 g/mol. The van der Waals surface area contributed by atoms with Gasteiger partial charge in [-0.25, -0.2) is 0 Å². The molecule has 33 heavy (non-hydrogen) atoms. The number of nitrogens with zero attached hydrogens (tertiary/aromatic N) is 1. The lowest BCUT2D eigenvalue weighted by Gasteiger charge is -2.29. The standard InChI is InChI=1S/C29H22N2O2/c1-19-11-13-22(14-12-19)27-24-16-15-21-9-5-6-10-23(21)28(24)33-29(25(27)18-30)31-26(32)17-20-7-3-2-4-8-20/h2-16,27H,17H2,1H3,(H,31,32). The van der Waals surface area contributed by atoms with E-state index >= 15 is 0 Å². The summed E-state index contributed by atoms with van der Waals surface area (Å²) < 4.78 is 6.26. The maximum absolute atomic E-state index is 12.9. The van der Waals surface area contributed by atoms with Crippen LogP contribution in [0.3, 0.4) is 0 Å². The Hall–Kier alpha value is -4.36. The second kappa shape index (κ2) is 8.64. The number of amides is 1. The van der Waals surface area contributed by atoms with Crippen molar-refractivity contribution < 1.29 is 9.53 Å². The minimum absolute atomic E-state index is 0.198. The fourth-order valence-electron chi connectivity index (χ4n) is 4.31. The molecule has 160 valence electrons. The maximum atomic E-state index is 12.9. The summed E-state index contributed by atoms with van der Waals surface area (Å²) in [5, 5.41) is 15.0. The van der Waals surface area contributed by atoms with Crippen molar-refractivity contribution in [3.63, 3.8) is 0 Å². The zero-order valence-corrected chi connectivity index (χ0v) is 18.2. The van der Waals surface area contributed by atoms with Gasteiger partial charge in [-0.05, 0) is 23.4 Å². The summed E-state index contributed by atoms with van der Waals surface area (Å²) in [6.07, 6.45) is 0.198. The number of hydrogen-bond acceptors (Lipinski definition) is 3. The van der Waals surface area contributed by atoms with Gasteiger partial charge in [0.2, 0.25) is 11.8 Å². The molecule has 0 saturated carbocycles. The third-order valence-electron chi connectivity index (χ3n) is 5.95. The molecule has 0 bridgehead atoms. The molecule has 1 aliphatic heterocycles. The summed E-state index contributed by atoms with van der Waals surface area (Å²) in [6.45, 7) is 2.03. The number of fused-ring (bicyclic) bond motifs is 3. The smallest absolute Gasteiger partial charge is 0.231 e. The highest BCUT2D eigenvalue weighted by Crippen LogP contribution is 2.45. The van der Waals surface area contributed by atoms with Crippen LogP contribution in [0.2, 0.25) is 0 Å². The first-order valence-electron chi connectivity index (χ1n) is 10.9. The number of hydrogen-bond donors (Lipinski definition) is 1. The molecule has 1 N–H and O–H groups in total. The number of allylic oxidation sites excluding steroid dienone is 1. The topological polar surface area (TPSA) is 62.1 Å². The van der Waals surface area contributed by atoms with E-state index in [1.165, 1.54) is 0 Å². The highest BCUT2D eigenvalue weighted by atomic mass is 16.5. The molecule has 0 radical (unpaired) electrons. The monoisotopic (exact) mass is 430 g/mol. The SMILES string of the molecule is Cc1ccc(C2C(C#N)=C(NC(=O)Cc3ccccc3)Oc3c2ccc2ccccc32)cc1. The van der Waals surface area contributed by atoms with E-state index in [2.05, 4.69) is 11.4 Å². The third kappa shape index (κ3) is 3.97. The van der Waals surface area contributed by atoms with Crippen LogP contribution in [0, 0.1) is 18.3 Å². The number of carbonyl (C=O) groups is 1. The molecule has 1 atom stereocenters. The first-order valence-corrected chi connectivity index (χ1v) is 10.9. The average Bonchev–Trinajstić information content (AvgIpc) is 2.84. The van der Waals surface area contributed by atoms with Gasteiger partial charge in [-0.3, -0.25) is 10.1 Å². The van der Waals surface area contributed by atoms with E-state index in [4.69, 9.17) is 4.74 Å². The first kappa shape index (κ1) is 20.5. The second-order valence-corrected chi connectivity index (χ2v) is 8.22. The molecule has 0 aromatic heterocycles. The Morgan fingerprint density at radius 1 is 0.939 bits per heavy atom. The molecule has 1 aliphatic rings. The van der Waals surface area contributed by atoms with Crippen LogP contribution in [-0.2, 0) is 11.2 Å². The lowest BCUT2D eigenvalue weighted by atomic mass is 9.82. The molecule has 0 fully saturated rings. The summed E-state index contributed by atoms with van der Waals surface area (Å²) >= 11 is 0. The summed E-state index contributed by atoms with van der Waals surface area (Å²) in [6, 6.07) is 32.0.